The fourth-order valence-corrected chi connectivity index (χ4v) is 0.739. The second kappa shape index (κ2) is 2.61. The lowest BCUT2D eigenvalue weighted by molar-refractivity contribution is 0.874. The van der Waals surface area contributed by atoms with Crippen molar-refractivity contribution in [2.24, 2.45) is 0 Å². The van der Waals surface area contributed by atoms with E-state index in [-0.39, 0.29) is 11.5 Å². The first kappa shape index (κ1) is 7.59. The lowest BCUT2D eigenvalue weighted by Gasteiger charge is -2.01. The van der Waals surface area contributed by atoms with Crippen LogP contribution in [0, 0.1) is 0 Å². The standard InChI is InChI=1S/C6H10N4O/c1-2-4-3-5(11)10(8)6(7)9-4/h3H,2,8H2,1H3,(H2,7,9). The average Bonchev–Trinajstić information content (AvgIpc) is 1.99. The Hall–Kier alpha value is -1.52. The highest BCUT2D eigenvalue weighted by Gasteiger charge is 1.99. The molecule has 1 aromatic heterocycles. The van der Waals surface area contributed by atoms with Gasteiger partial charge in [-0.05, 0) is 6.42 Å². The molecule has 5 nitrogen and oxygen atoms in total. The number of nitrogen functional groups attached to an aromatic ring is 2. The molecular weight excluding hydrogens is 144 g/mol. The molecule has 0 aromatic carbocycles. The fraction of sp³-hybridized carbons (Fsp3) is 0.333. The molecule has 0 saturated heterocycles. The van der Waals surface area contributed by atoms with Crippen LogP contribution in [-0.4, -0.2) is 9.66 Å². The van der Waals surface area contributed by atoms with Crippen LogP contribution in [0.5, 0.6) is 0 Å². The van der Waals surface area contributed by atoms with Gasteiger partial charge in [-0.1, -0.05) is 6.92 Å². The number of nitrogens with two attached hydrogens (primary N) is 2. The van der Waals surface area contributed by atoms with Gasteiger partial charge in [-0.2, -0.15) is 4.68 Å². The maximum atomic E-state index is 10.9. The molecule has 0 unspecified atom stereocenters. The minimum atomic E-state index is -0.325. The zero-order chi connectivity index (χ0) is 8.43. The molecule has 11 heavy (non-hydrogen) atoms. The number of anilines is 1. The van der Waals surface area contributed by atoms with Crippen LogP contribution >= 0.6 is 0 Å². The summed E-state index contributed by atoms with van der Waals surface area (Å²) in [5.41, 5.74) is 5.66. The summed E-state index contributed by atoms with van der Waals surface area (Å²) in [6.07, 6.45) is 0.681. The van der Waals surface area contributed by atoms with Crippen molar-refractivity contribution < 1.29 is 0 Å². The summed E-state index contributed by atoms with van der Waals surface area (Å²) in [5.74, 6) is 5.27. The molecule has 60 valence electrons. The molecule has 0 aliphatic carbocycles. The summed E-state index contributed by atoms with van der Waals surface area (Å²) in [7, 11) is 0. The molecule has 0 aliphatic heterocycles. The summed E-state index contributed by atoms with van der Waals surface area (Å²) >= 11 is 0. The van der Waals surface area contributed by atoms with Crippen molar-refractivity contribution >= 4 is 5.95 Å². The first-order valence-corrected chi connectivity index (χ1v) is 3.28. The zero-order valence-corrected chi connectivity index (χ0v) is 6.24. The zero-order valence-electron chi connectivity index (χ0n) is 6.24. The molecule has 1 rings (SSSR count). The summed E-state index contributed by atoms with van der Waals surface area (Å²) in [4.78, 5) is 14.8. The third kappa shape index (κ3) is 1.31. The molecule has 4 N–H and O–H groups in total. The quantitative estimate of drug-likeness (QED) is 0.513. The van der Waals surface area contributed by atoms with Crippen LogP contribution in [0.2, 0.25) is 0 Å². The van der Waals surface area contributed by atoms with Gasteiger partial charge in [0.25, 0.3) is 5.56 Å². The third-order valence-electron chi connectivity index (χ3n) is 1.39. The Morgan fingerprint density at radius 1 is 1.73 bits per heavy atom. The third-order valence-corrected chi connectivity index (χ3v) is 1.39. The Balaban J connectivity index is 3.32. The highest BCUT2D eigenvalue weighted by Crippen LogP contribution is 1.93. The van der Waals surface area contributed by atoms with E-state index < -0.39 is 0 Å². The maximum absolute atomic E-state index is 10.9. The van der Waals surface area contributed by atoms with E-state index in [0.29, 0.717) is 12.1 Å². The molecule has 0 saturated carbocycles. The molecule has 0 fully saturated rings. The minimum absolute atomic E-state index is 0.0503. The Kier molecular flexibility index (Phi) is 1.80. The second-order valence-electron chi connectivity index (χ2n) is 2.17. The summed E-state index contributed by atoms with van der Waals surface area (Å²) in [5, 5.41) is 0. The van der Waals surface area contributed by atoms with Crippen molar-refractivity contribution in [3.63, 3.8) is 0 Å². The normalized spacial score (nSPS) is 9.91. The van der Waals surface area contributed by atoms with E-state index in [1.807, 2.05) is 6.92 Å². The van der Waals surface area contributed by atoms with Crippen molar-refractivity contribution in [1.29, 1.82) is 0 Å². The van der Waals surface area contributed by atoms with E-state index in [0.717, 1.165) is 4.68 Å². The van der Waals surface area contributed by atoms with Crippen molar-refractivity contribution in [2.75, 3.05) is 11.6 Å². The summed E-state index contributed by atoms with van der Waals surface area (Å²) in [6.45, 7) is 1.89. The Bertz CT molecular complexity index is 317. The van der Waals surface area contributed by atoms with Crippen molar-refractivity contribution in [3.8, 4) is 0 Å². The van der Waals surface area contributed by atoms with Gasteiger partial charge in [-0.3, -0.25) is 4.79 Å². The Morgan fingerprint density at radius 3 is 2.82 bits per heavy atom. The van der Waals surface area contributed by atoms with Gasteiger partial charge in [0.15, 0.2) is 0 Å². The molecule has 1 aromatic rings. The van der Waals surface area contributed by atoms with Crippen molar-refractivity contribution in [1.82, 2.24) is 9.66 Å². The highest BCUT2D eigenvalue weighted by molar-refractivity contribution is 5.20. The Morgan fingerprint density at radius 2 is 2.36 bits per heavy atom. The first-order valence-electron chi connectivity index (χ1n) is 3.28. The number of rotatable bonds is 1. The van der Waals surface area contributed by atoms with Gasteiger partial charge >= 0.3 is 0 Å². The van der Waals surface area contributed by atoms with Crippen LogP contribution < -0.4 is 17.1 Å². The van der Waals surface area contributed by atoms with Crippen molar-refractivity contribution in [3.05, 3.63) is 22.1 Å². The number of hydrogen-bond donors (Lipinski definition) is 2. The van der Waals surface area contributed by atoms with Crippen LogP contribution in [0.15, 0.2) is 10.9 Å². The monoisotopic (exact) mass is 154 g/mol. The fourth-order valence-electron chi connectivity index (χ4n) is 0.739. The van der Waals surface area contributed by atoms with Crippen LogP contribution in [0.1, 0.15) is 12.6 Å². The first-order chi connectivity index (χ1) is 5.15. The van der Waals surface area contributed by atoms with Crippen LogP contribution in [-0.2, 0) is 6.42 Å². The molecule has 0 amide bonds. The van der Waals surface area contributed by atoms with E-state index in [9.17, 15) is 4.79 Å². The molecular formula is C6H10N4O. The van der Waals surface area contributed by atoms with E-state index in [2.05, 4.69) is 4.98 Å². The number of hydrogen-bond acceptors (Lipinski definition) is 4. The van der Waals surface area contributed by atoms with Crippen LogP contribution in [0.4, 0.5) is 5.95 Å². The molecule has 0 radical (unpaired) electrons. The predicted octanol–water partition coefficient (Wildman–Crippen LogP) is -0.898. The largest absolute Gasteiger partial charge is 0.368 e. The molecule has 0 aliphatic rings. The van der Waals surface area contributed by atoms with Gasteiger partial charge in [0.2, 0.25) is 5.95 Å². The van der Waals surface area contributed by atoms with Gasteiger partial charge in [-0.25, -0.2) is 4.98 Å². The van der Waals surface area contributed by atoms with Gasteiger partial charge < -0.3 is 11.6 Å². The molecule has 5 heteroatoms. The molecule has 1 heterocycles. The second-order valence-corrected chi connectivity index (χ2v) is 2.17. The number of nitrogens with zero attached hydrogens (tertiary/aromatic N) is 2. The maximum Gasteiger partial charge on any atom is 0.273 e. The summed E-state index contributed by atoms with van der Waals surface area (Å²) in [6, 6.07) is 1.37. The molecule has 0 bridgehead atoms. The van der Waals surface area contributed by atoms with E-state index >= 15 is 0 Å². The average molecular weight is 154 g/mol. The topological polar surface area (TPSA) is 86.9 Å². The van der Waals surface area contributed by atoms with Gasteiger partial charge in [-0.15, -0.1) is 0 Å². The number of aromatic nitrogens is 2. The SMILES string of the molecule is CCc1cc(=O)n(N)c(N)n1. The van der Waals surface area contributed by atoms with Crippen LogP contribution in [0.25, 0.3) is 0 Å². The lowest BCUT2D eigenvalue weighted by Crippen LogP contribution is -2.30. The smallest absolute Gasteiger partial charge is 0.273 e. The van der Waals surface area contributed by atoms with E-state index in [1.54, 1.807) is 0 Å². The predicted molar refractivity (Wildman–Crippen MR) is 42.4 cm³/mol. The highest BCUT2D eigenvalue weighted by atomic mass is 16.1. The number of aryl methyl sites for hydroxylation is 1. The molecule has 0 atom stereocenters. The Labute approximate surface area is 63.6 Å². The molecule has 0 spiro atoms. The summed E-state index contributed by atoms with van der Waals surface area (Å²) < 4.78 is 0.819. The van der Waals surface area contributed by atoms with E-state index in [1.165, 1.54) is 6.07 Å². The lowest BCUT2D eigenvalue weighted by atomic mass is 10.3. The minimum Gasteiger partial charge on any atom is -0.368 e. The van der Waals surface area contributed by atoms with Gasteiger partial charge in [0, 0.05) is 11.8 Å². The van der Waals surface area contributed by atoms with Gasteiger partial charge in [0.1, 0.15) is 0 Å². The van der Waals surface area contributed by atoms with E-state index in [4.69, 9.17) is 11.6 Å². The van der Waals surface area contributed by atoms with Gasteiger partial charge in [0.05, 0.1) is 0 Å². The van der Waals surface area contributed by atoms with Crippen molar-refractivity contribution in [2.45, 2.75) is 13.3 Å². The van der Waals surface area contributed by atoms with Crippen LogP contribution in [0.3, 0.4) is 0 Å².